The second-order valence-corrected chi connectivity index (χ2v) is 7.57. The van der Waals surface area contributed by atoms with Gasteiger partial charge in [-0.2, -0.15) is 13.2 Å². The van der Waals surface area contributed by atoms with Crippen LogP contribution in [0, 0.1) is 12.7 Å². The Bertz CT molecular complexity index is 1130. The van der Waals surface area contributed by atoms with Gasteiger partial charge in [-0.25, -0.2) is 14.1 Å². The highest BCUT2D eigenvalue weighted by atomic mass is 35.5. The van der Waals surface area contributed by atoms with Crippen molar-refractivity contribution in [2.24, 2.45) is 0 Å². The Kier molecular flexibility index (Phi) is 4.88. The molecule has 5 nitrogen and oxygen atoms in total. The molecule has 4 rings (SSSR count). The first-order chi connectivity index (χ1) is 14.1. The highest BCUT2D eigenvalue weighted by molar-refractivity contribution is 6.34. The molecule has 0 bridgehead atoms. The van der Waals surface area contributed by atoms with Crippen molar-refractivity contribution in [3.8, 4) is 5.82 Å². The predicted molar refractivity (Wildman–Crippen MR) is 102 cm³/mol. The van der Waals surface area contributed by atoms with Gasteiger partial charge in [-0.05, 0) is 37.6 Å². The zero-order valence-corrected chi connectivity index (χ0v) is 16.8. The summed E-state index contributed by atoms with van der Waals surface area (Å²) in [6.07, 6.45) is -3.04. The summed E-state index contributed by atoms with van der Waals surface area (Å²) in [5.41, 5.74) is 0.900. The maximum atomic E-state index is 13.5. The number of aromatic amines is 1. The summed E-state index contributed by atoms with van der Waals surface area (Å²) in [5.74, 6) is -0.443. The Labute approximate surface area is 174 Å². The normalized spacial score (nSPS) is 16.6. The number of benzene rings is 1. The lowest BCUT2D eigenvalue weighted by atomic mass is 10.00. The molecule has 3 heterocycles. The number of pyridine rings is 1. The van der Waals surface area contributed by atoms with E-state index in [0.29, 0.717) is 24.3 Å². The molecule has 3 aromatic rings. The molecule has 2 aromatic heterocycles. The number of fused-ring (bicyclic) bond motifs is 1. The topological polar surface area (TPSA) is 53.9 Å². The van der Waals surface area contributed by atoms with Crippen molar-refractivity contribution in [2.45, 2.75) is 32.5 Å². The lowest BCUT2D eigenvalue weighted by Gasteiger charge is -2.39. The van der Waals surface area contributed by atoms with Crippen LogP contribution >= 0.6 is 11.6 Å². The molecule has 0 fully saturated rings. The van der Waals surface area contributed by atoms with Gasteiger partial charge in [0.05, 0.1) is 39.8 Å². The molecule has 1 amide bonds. The molecule has 1 aliphatic heterocycles. The third kappa shape index (κ3) is 3.27. The van der Waals surface area contributed by atoms with Crippen molar-refractivity contribution in [1.82, 2.24) is 19.7 Å². The van der Waals surface area contributed by atoms with E-state index < -0.39 is 34.5 Å². The van der Waals surface area contributed by atoms with Crippen LogP contribution in [0.3, 0.4) is 0 Å². The second kappa shape index (κ2) is 7.16. The number of halogens is 5. The minimum atomic E-state index is -4.65. The van der Waals surface area contributed by atoms with E-state index in [1.54, 1.807) is 24.6 Å². The molecular formula is C20H17ClF4N4O. The molecule has 1 aliphatic rings. The lowest BCUT2D eigenvalue weighted by Crippen LogP contribution is -2.43. The van der Waals surface area contributed by atoms with Crippen molar-refractivity contribution in [2.75, 3.05) is 6.54 Å². The maximum Gasteiger partial charge on any atom is 0.417 e. The molecule has 1 atom stereocenters. The summed E-state index contributed by atoms with van der Waals surface area (Å²) in [4.78, 5) is 18.5. The number of rotatable bonds is 2. The van der Waals surface area contributed by atoms with Gasteiger partial charge in [-0.1, -0.05) is 17.7 Å². The summed E-state index contributed by atoms with van der Waals surface area (Å²) >= 11 is 5.92. The first kappa shape index (κ1) is 20.5. The van der Waals surface area contributed by atoms with E-state index in [4.69, 9.17) is 11.6 Å². The largest absolute Gasteiger partial charge is 0.417 e. The fraction of sp³-hybridized carbons (Fsp3) is 0.300. The molecule has 30 heavy (non-hydrogen) atoms. The van der Waals surface area contributed by atoms with Gasteiger partial charge in [0.2, 0.25) is 0 Å². The van der Waals surface area contributed by atoms with E-state index in [2.05, 4.69) is 10.1 Å². The molecule has 0 saturated carbocycles. The summed E-state index contributed by atoms with van der Waals surface area (Å²) in [6, 6.07) is 4.53. The SMILES string of the molecule is Cc1cc(-n2[nH]c3c2CCN(C(=O)c2cccc(C(F)(F)F)c2Cl)C3C)ncc1F. The van der Waals surface area contributed by atoms with Gasteiger partial charge < -0.3 is 4.90 Å². The van der Waals surface area contributed by atoms with E-state index in [1.807, 2.05) is 0 Å². The lowest BCUT2D eigenvalue weighted by molar-refractivity contribution is -0.137. The van der Waals surface area contributed by atoms with Crippen LogP contribution < -0.4 is 0 Å². The van der Waals surface area contributed by atoms with Crippen LogP contribution in [0.1, 0.15) is 45.8 Å². The Morgan fingerprint density at radius 1 is 1.33 bits per heavy atom. The Balaban J connectivity index is 1.61. The quantitative estimate of drug-likeness (QED) is 0.565. The van der Waals surface area contributed by atoms with Gasteiger partial charge >= 0.3 is 6.18 Å². The molecule has 0 saturated heterocycles. The van der Waals surface area contributed by atoms with Crippen LogP contribution in [0.25, 0.3) is 5.82 Å². The van der Waals surface area contributed by atoms with E-state index in [0.717, 1.165) is 23.7 Å². The van der Waals surface area contributed by atoms with Crippen molar-refractivity contribution in [3.05, 3.63) is 69.4 Å². The van der Waals surface area contributed by atoms with E-state index in [9.17, 15) is 22.4 Å². The standard InChI is InChI=1S/C20H17ClF4N4O/c1-10-8-16(26-9-14(10)22)29-15-6-7-28(11(2)18(15)27-29)19(30)12-4-3-5-13(17(12)21)20(23,24)25/h3-5,8-9,11,27H,6-7H2,1-2H3. The van der Waals surface area contributed by atoms with Gasteiger partial charge in [0.1, 0.15) is 5.82 Å². The van der Waals surface area contributed by atoms with Crippen LogP contribution in [0.4, 0.5) is 17.6 Å². The summed E-state index contributed by atoms with van der Waals surface area (Å²) in [7, 11) is 0. The number of carbonyl (C=O) groups excluding carboxylic acids is 1. The van der Waals surface area contributed by atoms with E-state index in [1.165, 1.54) is 17.0 Å². The summed E-state index contributed by atoms with van der Waals surface area (Å²) < 4.78 is 54.6. The number of aryl methyl sites for hydroxylation is 1. The molecule has 1 aromatic carbocycles. The average Bonchev–Trinajstić information content (AvgIpc) is 2.65. The number of hydrogen-bond donors (Lipinski definition) is 1. The van der Waals surface area contributed by atoms with Crippen molar-refractivity contribution in [3.63, 3.8) is 0 Å². The van der Waals surface area contributed by atoms with E-state index >= 15 is 0 Å². The van der Waals surface area contributed by atoms with Gasteiger partial charge in [0.25, 0.3) is 5.91 Å². The second-order valence-electron chi connectivity index (χ2n) is 7.19. The first-order valence-electron chi connectivity index (χ1n) is 9.18. The highest BCUT2D eigenvalue weighted by Gasteiger charge is 2.38. The average molecular weight is 441 g/mol. The Hall–Kier alpha value is -2.81. The molecule has 1 unspecified atom stereocenters. The first-order valence-corrected chi connectivity index (χ1v) is 9.56. The third-order valence-electron chi connectivity index (χ3n) is 5.34. The minimum absolute atomic E-state index is 0.186. The van der Waals surface area contributed by atoms with Gasteiger partial charge in [-0.3, -0.25) is 9.89 Å². The Morgan fingerprint density at radius 3 is 2.73 bits per heavy atom. The number of H-pyrrole nitrogens is 1. The molecule has 0 aliphatic carbocycles. The van der Waals surface area contributed by atoms with Gasteiger partial charge in [0.15, 0.2) is 5.82 Å². The number of hydrogen-bond acceptors (Lipinski definition) is 2. The monoisotopic (exact) mass is 440 g/mol. The number of nitrogens with one attached hydrogen (secondary N) is 1. The van der Waals surface area contributed by atoms with Gasteiger partial charge in [-0.15, -0.1) is 0 Å². The molecule has 0 spiro atoms. The van der Waals surface area contributed by atoms with Crippen molar-refractivity contribution >= 4 is 17.5 Å². The fourth-order valence-corrected chi connectivity index (χ4v) is 3.98. The van der Waals surface area contributed by atoms with Crippen LogP contribution in [-0.2, 0) is 12.6 Å². The number of aromatic nitrogens is 3. The molecule has 0 radical (unpaired) electrons. The van der Waals surface area contributed by atoms with Crippen LogP contribution in [0.15, 0.2) is 30.5 Å². The maximum absolute atomic E-state index is 13.5. The van der Waals surface area contributed by atoms with Crippen molar-refractivity contribution < 1.29 is 22.4 Å². The fourth-order valence-electron chi connectivity index (χ4n) is 3.67. The number of nitrogens with zero attached hydrogens (tertiary/aromatic N) is 3. The zero-order chi connectivity index (χ0) is 21.8. The Morgan fingerprint density at radius 2 is 2.07 bits per heavy atom. The molecular weight excluding hydrogens is 424 g/mol. The number of alkyl halides is 3. The van der Waals surface area contributed by atoms with Crippen molar-refractivity contribution in [1.29, 1.82) is 0 Å². The third-order valence-corrected chi connectivity index (χ3v) is 5.75. The van der Waals surface area contributed by atoms with E-state index in [-0.39, 0.29) is 5.56 Å². The highest BCUT2D eigenvalue weighted by Crippen LogP contribution is 2.38. The zero-order valence-electron chi connectivity index (χ0n) is 16.0. The molecule has 1 N–H and O–H groups in total. The van der Waals surface area contributed by atoms with Crippen LogP contribution in [0.5, 0.6) is 0 Å². The number of amides is 1. The summed E-state index contributed by atoms with van der Waals surface area (Å²) in [5, 5.41) is 2.50. The molecule has 10 heteroatoms. The smallest absolute Gasteiger partial charge is 0.330 e. The minimum Gasteiger partial charge on any atom is -0.330 e. The number of carbonyl (C=O) groups is 1. The molecule has 158 valence electrons. The summed E-state index contributed by atoms with van der Waals surface area (Å²) in [6.45, 7) is 3.71. The van der Waals surface area contributed by atoms with Gasteiger partial charge in [0, 0.05) is 13.0 Å². The predicted octanol–water partition coefficient (Wildman–Crippen LogP) is 5.08. The van der Waals surface area contributed by atoms with Crippen LogP contribution in [-0.4, -0.2) is 32.1 Å². The van der Waals surface area contributed by atoms with Crippen LogP contribution in [0.2, 0.25) is 5.02 Å².